The van der Waals surface area contributed by atoms with Gasteiger partial charge < -0.3 is 10.0 Å². The highest BCUT2D eigenvalue weighted by molar-refractivity contribution is 6.33. The number of phenolic OH excluding ortho intramolecular Hbond substituents is 1. The minimum atomic E-state index is 0.214. The van der Waals surface area contributed by atoms with Gasteiger partial charge in [0.05, 0.1) is 22.3 Å². The maximum absolute atomic E-state index is 9.43. The predicted octanol–water partition coefficient (Wildman–Crippen LogP) is 5.95. The number of aromatic hydroxyl groups is 1. The van der Waals surface area contributed by atoms with Crippen LogP contribution in [0.1, 0.15) is 25.0 Å². The van der Waals surface area contributed by atoms with Crippen LogP contribution in [0.5, 0.6) is 5.75 Å². The molecule has 0 aromatic heterocycles. The van der Waals surface area contributed by atoms with E-state index in [1.165, 1.54) is 5.56 Å². The summed E-state index contributed by atoms with van der Waals surface area (Å²) in [6.45, 7) is 8.95. The van der Waals surface area contributed by atoms with Crippen molar-refractivity contribution < 1.29 is 5.11 Å². The largest absolute Gasteiger partial charge is 0.508 e. The lowest BCUT2D eigenvalue weighted by atomic mass is 10.2. The van der Waals surface area contributed by atoms with E-state index in [0.29, 0.717) is 10.6 Å². The van der Waals surface area contributed by atoms with Crippen LogP contribution in [-0.4, -0.2) is 36.2 Å². The molecule has 0 unspecified atom stereocenters. The molecule has 162 valence electrons. The molecule has 31 heavy (non-hydrogen) atoms. The van der Waals surface area contributed by atoms with Crippen molar-refractivity contribution in [3.8, 4) is 11.8 Å². The highest BCUT2D eigenvalue weighted by Gasteiger charge is 2.19. The number of hydrogen-bond donors (Lipinski definition) is 1. The summed E-state index contributed by atoms with van der Waals surface area (Å²) in [6.07, 6.45) is 0. The van der Waals surface area contributed by atoms with Crippen molar-refractivity contribution in [2.75, 3.05) is 31.1 Å². The van der Waals surface area contributed by atoms with Gasteiger partial charge in [0.25, 0.3) is 0 Å². The van der Waals surface area contributed by atoms with Gasteiger partial charge in [-0.3, -0.25) is 4.90 Å². The minimum Gasteiger partial charge on any atom is -0.508 e. The molecule has 4 rings (SSSR count). The standard InChI is InChI=1S/C17H19ClN2O.C7H5N.C2H6/c18-16-12-15(21)6-7-17(16)20-10-8-19(9-11-20)13-14-4-2-1-3-5-14;8-6-7-4-2-1-3-5-7;1-2/h1-7,12,21H,8-11,13H2;1-5H;1-2H3. The normalized spacial score (nSPS) is 13.2. The number of benzene rings is 3. The molecule has 1 heterocycles. The first-order valence-corrected chi connectivity index (χ1v) is 11.0. The molecule has 3 aromatic rings. The van der Waals surface area contributed by atoms with Crippen molar-refractivity contribution in [3.05, 3.63) is 95.0 Å². The first kappa shape index (κ1) is 24.3. The van der Waals surface area contributed by atoms with E-state index < -0.39 is 0 Å². The molecule has 1 aliphatic heterocycles. The highest BCUT2D eigenvalue weighted by Crippen LogP contribution is 2.30. The van der Waals surface area contributed by atoms with Crippen LogP contribution in [0.2, 0.25) is 5.02 Å². The molecule has 0 spiro atoms. The Hall–Kier alpha value is -3.00. The number of piperazine rings is 1. The molecule has 0 amide bonds. The molecule has 4 nitrogen and oxygen atoms in total. The first-order valence-electron chi connectivity index (χ1n) is 10.6. The summed E-state index contributed by atoms with van der Waals surface area (Å²) < 4.78 is 0. The van der Waals surface area contributed by atoms with Crippen LogP contribution >= 0.6 is 11.6 Å². The van der Waals surface area contributed by atoms with E-state index in [1.54, 1.807) is 24.3 Å². The fourth-order valence-electron chi connectivity index (χ4n) is 3.25. The van der Waals surface area contributed by atoms with Gasteiger partial charge in [-0.05, 0) is 29.8 Å². The lowest BCUT2D eigenvalue weighted by Crippen LogP contribution is -2.46. The van der Waals surface area contributed by atoms with Crippen molar-refractivity contribution >= 4 is 17.3 Å². The number of anilines is 1. The van der Waals surface area contributed by atoms with Gasteiger partial charge in [-0.15, -0.1) is 0 Å². The van der Waals surface area contributed by atoms with Crippen LogP contribution in [0.4, 0.5) is 5.69 Å². The van der Waals surface area contributed by atoms with E-state index in [-0.39, 0.29) is 5.75 Å². The molecule has 0 saturated carbocycles. The van der Waals surface area contributed by atoms with Gasteiger partial charge in [0.15, 0.2) is 0 Å². The summed E-state index contributed by atoms with van der Waals surface area (Å²) in [6, 6.07) is 26.9. The van der Waals surface area contributed by atoms with Crippen LogP contribution in [-0.2, 0) is 6.54 Å². The third-order valence-corrected chi connectivity index (χ3v) is 5.10. The lowest BCUT2D eigenvalue weighted by Gasteiger charge is -2.36. The van der Waals surface area contributed by atoms with Crippen LogP contribution in [0, 0.1) is 11.3 Å². The second-order valence-electron chi connectivity index (χ2n) is 6.86. The predicted molar refractivity (Wildman–Crippen MR) is 130 cm³/mol. The van der Waals surface area contributed by atoms with E-state index in [4.69, 9.17) is 16.9 Å². The van der Waals surface area contributed by atoms with Gasteiger partial charge in [-0.1, -0.05) is 74.0 Å². The summed E-state index contributed by atoms with van der Waals surface area (Å²) in [5.41, 5.74) is 3.08. The Morgan fingerprint density at radius 2 is 1.45 bits per heavy atom. The van der Waals surface area contributed by atoms with Crippen LogP contribution < -0.4 is 4.90 Å². The maximum Gasteiger partial charge on any atom is 0.117 e. The summed E-state index contributed by atoms with van der Waals surface area (Å²) in [5, 5.41) is 18.3. The minimum absolute atomic E-state index is 0.214. The van der Waals surface area contributed by atoms with Crippen LogP contribution in [0.25, 0.3) is 0 Å². The SMILES string of the molecule is CC.N#Cc1ccccc1.Oc1ccc(N2CCN(Cc3ccccc3)CC2)c(Cl)c1. The van der Waals surface area contributed by atoms with E-state index in [0.717, 1.165) is 38.4 Å². The monoisotopic (exact) mass is 435 g/mol. The van der Waals surface area contributed by atoms with Crippen molar-refractivity contribution in [1.82, 2.24) is 4.90 Å². The van der Waals surface area contributed by atoms with Crippen LogP contribution in [0.3, 0.4) is 0 Å². The van der Waals surface area contributed by atoms with E-state index in [9.17, 15) is 5.11 Å². The smallest absolute Gasteiger partial charge is 0.117 e. The quantitative estimate of drug-likeness (QED) is 0.552. The van der Waals surface area contributed by atoms with Gasteiger partial charge in [-0.2, -0.15) is 5.26 Å². The summed E-state index contributed by atoms with van der Waals surface area (Å²) in [5.74, 6) is 0.214. The topological polar surface area (TPSA) is 50.5 Å². The molecular weight excluding hydrogens is 406 g/mol. The number of phenols is 1. The van der Waals surface area contributed by atoms with E-state index in [1.807, 2.05) is 50.2 Å². The second-order valence-corrected chi connectivity index (χ2v) is 7.27. The Bertz CT molecular complexity index is 934. The maximum atomic E-state index is 9.43. The number of hydrogen-bond acceptors (Lipinski definition) is 4. The molecule has 3 aromatic carbocycles. The van der Waals surface area contributed by atoms with Crippen molar-refractivity contribution in [3.63, 3.8) is 0 Å². The first-order chi connectivity index (χ1) is 15.2. The van der Waals surface area contributed by atoms with Crippen molar-refractivity contribution in [1.29, 1.82) is 5.26 Å². The van der Waals surface area contributed by atoms with Gasteiger partial charge in [0.1, 0.15) is 5.75 Å². The molecule has 1 fully saturated rings. The molecular formula is C26H30ClN3O. The molecule has 5 heteroatoms. The van der Waals surface area contributed by atoms with E-state index in [2.05, 4.69) is 34.1 Å². The Morgan fingerprint density at radius 1 is 0.871 bits per heavy atom. The highest BCUT2D eigenvalue weighted by atomic mass is 35.5. The van der Waals surface area contributed by atoms with Gasteiger partial charge in [0, 0.05) is 38.8 Å². The summed E-state index contributed by atoms with van der Waals surface area (Å²) in [7, 11) is 0. The third kappa shape index (κ3) is 7.97. The number of nitriles is 1. The van der Waals surface area contributed by atoms with Gasteiger partial charge in [-0.25, -0.2) is 0 Å². The average Bonchev–Trinajstić information content (AvgIpc) is 2.83. The zero-order valence-electron chi connectivity index (χ0n) is 18.2. The molecule has 1 N–H and O–H groups in total. The van der Waals surface area contributed by atoms with Crippen LogP contribution in [0.15, 0.2) is 78.9 Å². The van der Waals surface area contributed by atoms with Crippen molar-refractivity contribution in [2.24, 2.45) is 0 Å². The molecule has 1 aliphatic rings. The number of nitrogens with zero attached hydrogens (tertiary/aromatic N) is 3. The van der Waals surface area contributed by atoms with Gasteiger partial charge >= 0.3 is 0 Å². The zero-order valence-corrected chi connectivity index (χ0v) is 19.0. The van der Waals surface area contributed by atoms with Crippen molar-refractivity contribution in [2.45, 2.75) is 20.4 Å². The number of halogens is 1. The molecule has 1 saturated heterocycles. The molecule has 0 atom stereocenters. The molecule has 0 bridgehead atoms. The summed E-state index contributed by atoms with van der Waals surface area (Å²) in [4.78, 5) is 4.74. The third-order valence-electron chi connectivity index (χ3n) is 4.80. The number of rotatable bonds is 3. The van der Waals surface area contributed by atoms with Gasteiger partial charge in [0.2, 0.25) is 0 Å². The molecule has 0 aliphatic carbocycles. The lowest BCUT2D eigenvalue weighted by molar-refractivity contribution is 0.250. The Kier molecular flexibility index (Phi) is 10.4. The molecule has 0 radical (unpaired) electrons. The zero-order chi connectivity index (χ0) is 22.5. The Labute approximate surface area is 190 Å². The Morgan fingerprint density at radius 3 is 1.97 bits per heavy atom. The fourth-order valence-corrected chi connectivity index (χ4v) is 3.55. The van der Waals surface area contributed by atoms with E-state index >= 15 is 0 Å². The second kappa shape index (κ2) is 13.3. The average molecular weight is 436 g/mol. The Balaban J connectivity index is 0.000000286. The fraction of sp³-hybridized carbons (Fsp3) is 0.269. The summed E-state index contributed by atoms with van der Waals surface area (Å²) >= 11 is 6.21.